The van der Waals surface area contributed by atoms with Crippen LogP contribution in [0.3, 0.4) is 0 Å². The first kappa shape index (κ1) is 34.3. The molecule has 10 nitrogen and oxygen atoms in total. The molecular weight excluding hydrogens is 733 g/mol. The molecule has 0 saturated carbocycles. The summed E-state index contributed by atoms with van der Waals surface area (Å²) >= 11 is 0. The van der Waals surface area contributed by atoms with E-state index in [9.17, 15) is 0 Å². The van der Waals surface area contributed by atoms with Crippen molar-refractivity contribution in [2.75, 3.05) is 0 Å². The van der Waals surface area contributed by atoms with Gasteiger partial charge in [0.2, 0.25) is 0 Å². The van der Waals surface area contributed by atoms with Crippen LogP contribution >= 0.6 is 0 Å². The molecule has 0 fully saturated rings. The number of benzene rings is 4. The molecular formula is C42H42N8O2Si3. The van der Waals surface area contributed by atoms with E-state index in [2.05, 4.69) is 148 Å². The normalized spacial score (nSPS) is 19.6. The average Bonchev–Trinajstić information content (AvgIpc) is 3.78. The molecule has 274 valence electrons. The van der Waals surface area contributed by atoms with Gasteiger partial charge in [0.1, 0.15) is 22.6 Å². The summed E-state index contributed by atoms with van der Waals surface area (Å²) in [5.74, 6) is 3.76. The molecule has 0 amide bonds. The van der Waals surface area contributed by atoms with Crippen molar-refractivity contribution in [1.82, 2.24) is 8.47 Å². The lowest BCUT2D eigenvalue weighted by Gasteiger charge is -2.41. The highest BCUT2D eigenvalue weighted by molar-refractivity contribution is 6.87. The van der Waals surface area contributed by atoms with Gasteiger partial charge in [-0.3, -0.25) is 8.47 Å². The van der Waals surface area contributed by atoms with Gasteiger partial charge in [0.05, 0.1) is 0 Å². The molecule has 0 aliphatic carbocycles. The zero-order chi connectivity index (χ0) is 38.3. The van der Waals surface area contributed by atoms with Crippen molar-refractivity contribution in [2.24, 2.45) is 30.0 Å². The number of fused-ring (bicyclic) bond motifs is 14. The number of aryl methyl sites for hydroxylation is 4. The van der Waals surface area contributed by atoms with Crippen molar-refractivity contribution < 1.29 is 8.23 Å². The van der Waals surface area contributed by atoms with Crippen LogP contribution in [-0.4, -0.2) is 57.3 Å². The zero-order valence-electron chi connectivity index (χ0n) is 32.8. The first-order valence-corrected chi connectivity index (χ1v) is 27.3. The van der Waals surface area contributed by atoms with Gasteiger partial charge in [-0.05, 0) is 91.2 Å². The van der Waals surface area contributed by atoms with Crippen molar-refractivity contribution >= 4 is 82.0 Å². The van der Waals surface area contributed by atoms with Gasteiger partial charge in [-0.1, -0.05) is 70.8 Å². The SMILES string of the molecule is Cc1ccc2c(c1)C1=NC/2=N\c2c3cc(C)ccc3c3n2[Si](O[Si](C)(C)C)(O[Si](C)(C)C)n2/c(c4ccc(C)cc4/c2=N/C2=NC(=N\3)/c3cc(C)ccc32)=N\1. The number of hydrogen-bond acceptors (Lipinski definition) is 8. The highest BCUT2D eigenvalue weighted by Crippen LogP contribution is 2.45. The fraction of sp³-hybridized carbons (Fsp3) is 0.238. The van der Waals surface area contributed by atoms with Crippen molar-refractivity contribution in [2.45, 2.75) is 67.0 Å². The molecule has 6 bridgehead atoms. The first-order valence-electron chi connectivity index (χ1n) is 18.8. The predicted molar refractivity (Wildman–Crippen MR) is 229 cm³/mol. The number of hydrogen-bond donors (Lipinski definition) is 0. The molecule has 0 spiro atoms. The Balaban J connectivity index is 1.56. The topological polar surface area (TPSA) is 102 Å². The van der Waals surface area contributed by atoms with Gasteiger partial charge in [0.15, 0.2) is 40.0 Å². The van der Waals surface area contributed by atoms with Crippen molar-refractivity contribution in [3.63, 3.8) is 0 Å². The van der Waals surface area contributed by atoms with E-state index in [1.54, 1.807) is 0 Å². The van der Waals surface area contributed by atoms with E-state index in [1.165, 1.54) is 0 Å². The summed E-state index contributed by atoms with van der Waals surface area (Å²) in [6, 6.07) is 25.7. The molecule has 6 heterocycles. The van der Waals surface area contributed by atoms with Crippen LogP contribution in [0.1, 0.15) is 44.5 Å². The van der Waals surface area contributed by atoms with Crippen LogP contribution in [0.25, 0.3) is 21.5 Å². The smallest absolute Gasteiger partial charge is 0.404 e. The number of rotatable bonds is 4. The number of amidine groups is 4. The molecule has 55 heavy (non-hydrogen) atoms. The highest BCUT2D eigenvalue weighted by atomic mass is 28.5. The van der Waals surface area contributed by atoms with Crippen LogP contribution in [0.2, 0.25) is 39.3 Å². The molecule has 4 aliphatic heterocycles. The van der Waals surface area contributed by atoms with E-state index in [0.717, 1.165) is 66.1 Å². The van der Waals surface area contributed by atoms with E-state index in [4.69, 9.17) is 38.2 Å². The molecule has 0 saturated heterocycles. The van der Waals surface area contributed by atoms with Gasteiger partial charge in [0, 0.05) is 43.8 Å². The van der Waals surface area contributed by atoms with Crippen molar-refractivity contribution in [3.05, 3.63) is 128 Å². The molecule has 0 radical (unpaired) electrons. The Labute approximate surface area is 322 Å². The Morgan fingerprint density at radius 1 is 0.418 bits per heavy atom. The molecule has 4 aliphatic rings. The molecule has 0 atom stereocenters. The van der Waals surface area contributed by atoms with Gasteiger partial charge in [-0.25, -0.2) is 30.0 Å². The summed E-state index contributed by atoms with van der Waals surface area (Å²) in [5.41, 5.74) is 9.55. The Bertz CT molecular complexity index is 2990. The van der Waals surface area contributed by atoms with E-state index in [1.807, 2.05) is 0 Å². The number of aliphatic imine (C=N–C) groups is 4. The van der Waals surface area contributed by atoms with Crippen LogP contribution in [-0.2, 0) is 8.23 Å². The summed E-state index contributed by atoms with van der Waals surface area (Å²) in [5, 5.41) is 3.74. The minimum atomic E-state index is -4.09. The summed E-state index contributed by atoms with van der Waals surface area (Å²) in [6.45, 7) is 21.8. The Morgan fingerprint density at radius 2 is 0.836 bits per heavy atom. The average molecular weight is 775 g/mol. The van der Waals surface area contributed by atoms with Gasteiger partial charge < -0.3 is 8.23 Å². The lowest BCUT2D eigenvalue weighted by molar-refractivity contribution is 0.340. The molecule has 6 aromatic rings. The van der Waals surface area contributed by atoms with E-state index < -0.39 is 25.5 Å². The third-order valence-corrected chi connectivity index (χ3v) is 19.2. The van der Waals surface area contributed by atoms with E-state index in [-0.39, 0.29) is 0 Å². The minimum Gasteiger partial charge on any atom is -0.404 e. The maximum absolute atomic E-state index is 7.85. The maximum atomic E-state index is 7.85. The third-order valence-electron chi connectivity index (χ3n) is 10.2. The van der Waals surface area contributed by atoms with Gasteiger partial charge in [-0.2, -0.15) is 0 Å². The van der Waals surface area contributed by atoms with Crippen LogP contribution in [0.15, 0.2) is 103 Å². The van der Waals surface area contributed by atoms with E-state index >= 15 is 0 Å². The fourth-order valence-corrected chi connectivity index (χ4v) is 18.4. The lowest BCUT2D eigenvalue weighted by Crippen LogP contribution is -2.69. The molecule has 10 rings (SSSR count). The Morgan fingerprint density at radius 3 is 1.40 bits per heavy atom. The summed E-state index contributed by atoms with van der Waals surface area (Å²) in [7, 11) is -9.11. The van der Waals surface area contributed by atoms with Crippen LogP contribution in [0, 0.1) is 27.7 Å². The monoisotopic (exact) mass is 774 g/mol. The Hall–Kier alpha value is -5.19. The zero-order valence-corrected chi connectivity index (χ0v) is 35.8. The highest BCUT2D eigenvalue weighted by Gasteiger charge is 2.56. The Kier molecular flexibility index (Phi) is 7.13. The van der Waals surface area contributed by atoms with E-state index in [0.29, 0.717) is 46.0 Å². The quantitative estimate of drug-likeness (QED) is 0.168. The number of aromatic nitrogens is 2. The largest absolute Gasteiger partial charge is 0.582 e. The second-order valence-corrected chi connectivity index (χ2v) is 29.2. The standard InChI is InChI=1S/C42H42N8O2Si3/c1-23-11-15-27-31(19-23)37-43-35(27)45-41-34-22-26(4)14-18-30(34)40-48-38-32-20-24(2)12-16-28(32)36(44-38)46-42-33-21-25(3)13-17-29(33)39(47-37)49(42)55(50(40)41,51-53(5,6)7)52-54(8,9)10/h11-22H,1-10H3/b45-35-,45-41?,46-36?,46-42-,47-37?,47-39-,48-38-,48-40?. The van der Waals surface area contributed by atoms with Gasteiger partial charge in [0.25, 0.3) is 0 Å². The predicted octanol–water partition coefficient (Wildman–Crippen LogP) is 8.31. The minimum absolute atomic E-state index is 0.596. The molecule has 0 N–H and O–H groups in total. The second-order valence-electron chi connectivity index (χ2n) is 17.1. The third kappa shape index (κ3) is 5.24. The second kappa shape index (κ2) is 11.4. The lowest BCUT2D eigenvalue weighted by atomic mass is 10.0. The fourth-order valence-electron chi connectivity index (χ4n) is 8.10. The van der Waals surface area contributed by atoms with Crippen LogP contribution < -0.4 is 11.0 Å². The van der Waals surface area contributed by atoms with Gasteiger partial charge in [-0.15, -0.1) is 0 Å². The molecule has 13 heteroatoms. The van der Waals surface area contributed by atoms with Crippen molar-refractivity contribution in [3.8, 4) is 0 Å². The summed E-state index contributed by atoms with van der Waals surface area (Å²) in [4.78, 5) is 32.8. The molecule has 0 unspecified atom stereocenters. The molecule has 4 aromatic carbocycles. The first-order chi connectivity index (χ1) is 26.1. The maximum Gasteiger partial charge on any atom is 0.582 e. The van der Waals surface area contributed by atoms with Crippen LogP contribution in [0.5, 0.6) is 0 Å². The number of nitrogens with zero attached hydrogens (tertiary/aromatic N) is 8. The summed E-state index contributed by atoms with van der Waals surface area (Å²) in [6.07, 6.45) is 0. The summed E-state index contributed by atoms with van der Waals surface area (Å²) < 4.78 is 20.1. The van der Waals surface area contributed by atoms with Gasteiger partial charge >= 0.3 is 8.88 Å². The molecule has 2 aromatic heterocycles. The van der Waals surface area contributed by atoms with Crippen LogP contribution in [0.4, 0.5) is 11.6 Å². The van der Waals surface area contributed by atoms with Crippen molar-refractivity contribution in [1.29, 1.82) is 0 Å².